The van der Waals surface area contributed by atoms with Crippen LogP contribution in [0.2, 0.25) is 0 Å². The normalized spacial score (nSPS) is 21.9. The van der Waals surface area contributed by atoms with E-state index in [0.717, 1.165) is 25.4 Å². The molecular formula is C14H29NO. The van der Waals surface area contributed by atoms with Gasteiger partial charge in [-0.15, -0.1) is 0 Å². The summed E-state index contributed by atoms with van der Waals surface area (Å²) in [4.78, 5) is 0. The first-order chi connectivity index (χ1) is 7.72. The van der Waals surface area contributed by atoms with Gasteiger partial charge in [0.25, 0.3) is 0 Å². The molecule has 2 heteroatoms. The highest BCUT2D eigenvalue weighted by atomic mass is 16.3. The molecule has 2 N–H and O–H groups in total. The van der Waals surface area contributed by atoms with Crippen molar-refractivity contribution in [2.75, 3.05) is 19.7 Å². The summed E-state index contributed by atoms with van der Waals surface area (Å²) in [7, 11) is 0. The largest absolute Gasteiger partial charge is 0.396 e. The average molecular weight is 227 g/mol. The Morgan fingerprint density at radius 2 is 1.94 bits per heavy atom. The Balaban J connectivity index is 2.32. The van der Waals surface area contributed by atoms with Gasteiger partial charge in [-0.1, -0.05) is 39.5 Å². The second-order valence-corrected chi connectivity index (χ2v) is 5.68. The maximum absolute atomic E-state index is 9.21. The molecule has 0 aliphatic heterocycles. The second kappa shape index (κ2) is 7.29. The molecular weight excluding hydrogens is 198 g/mol. The van der Waals surface area contributed by atoms with Crippen LogP contribution in [0.25, 0.3) is 0 Å². The standard InChI is InChI=1S/C14H29NO/c1-3-13(2)11-15-12-14(9-10-16)7-5-4-6-8-14/h13,15-16H,3-12H2,1-2H3. The zero-order valence-corrected chi connectivity index (χ0v) is 11.1. The molecule has 0 amide bonds. The van der Waals surface area contributed by atoms with Crippen LogP contribution in [0.15, 0.2) is 0 Å². The van der Waals surface area contributed by atoms with Crippen molar-refractivity contribution in [3.05, 3.63) is 0 Å². The molecule has 1 aliphatic carbocycles. The van der Waals surface area contributed by atoms with Gasteiger partial charge in [0.1, 0.15) is 0 Å². The van der Waals surface area contributed by atoms with Crippen molar-refractivity contribution in [2.24, 2.45) is 11.3 Å². The van der Waals surface area contributed by atoms with Crippen LogP contribution in [0.3, 0.4) is 0 Å². The summed E-state index contributed by atoms with van der Waals surface area (Å²) >= 11 is 0. The van der Waals surface area contributed by atoms with E-state index in [-0.39, 0.29) is 0 Å². The number of aliphatic hydroxyl groups is 1. The summed E-state index contributed by atoms with van der Waals surface area (Å²) in [5.41, 5.74) is 0.403. The summed E-state index contributed by atoms with van der Waals surface area (Å²) in [6.45, 7) is 7.13. The van der Waals surface area contributed by atoms with Gasteiger partial charge in [-0.2, -0.15) is 0 Å². The molecule has 1 rings (SSSR count). The van der Waals surface area contributed by atoms with Gasteiger partial charge in [-0.05, 0) is 37.1 Å². The van der Waals surface area contributed by atoms with Crippen molar-refractivity contribution in [1.82, 2.24) is 5.32 Å². The monoisotopic (exact) mass is 227 g/mol. The molecule has 2 nitrogen and oxygen atoms in total. The highest BCUT2D eigenvalue weighted by molar-refractivity contribution is 4.84. The van der Waals surface area contributed by atoms with Gasteiger partial charge in [0.05, 0.1) is 0 Å². The van der Waals surface area contributed by atoms with Crippen LogP contribution >= 0.6 is 0 Å². The molecule has 96 valence electrons. The fourth-order valence-corrected chi connectivity index (χ4v) is 2.78. The van der Waals surface area contributed by atoms with Crippen molar-refractivity contribution in [2.45, 2.75) is 58.8 Å². The minimum Gasteiger partial charge on any atom is -0.396 e. The SMILES string of the molecule is CCC(C)CNCC1(CCO)CCCCC1. The third-order valence-electron chi connectivity index (χ3n) is 4.25. The maximum atomic E-state index is 9.21. The Kier molecular flexibility index (Phi) is 6.37. The zero-order chi connectivity index (χ0) is 11.9. The van der Waals surface area contributed by atoms with E-state index in [1.807, 2.05) is 0 Å². The molecule has 1 saturated carbocycles. The van der Waals surface area contributed by atoms with Crippen molar-refractivity contribution in [3.8, 4) is 0 Å². The van der Waals surface area contributed by atoms with E-state index in [1.54, 1.807) is 0 Å². The van der Waals surface area contributed by atoms with Gasteiger partial charge >= 0.3 is 0 Å². The molecule has 0 aromatic heterocycles. The molecule has 1 unspecified atom stereocenters. The summed E-state index contributed by atoms with van der Waals surface area (Å²) in [6.07, 6.45) is 8.94. The van der Waals surface area contributed by atoms with Crippen molar-refractivity contribution >= 4 is 0 Å². The van der Waals surface area contributed by atoms with Crippen LogP contribution in [0.4, 0.5) is 0 Å². The topological polar surface area (TPSA) is 32.3 Å². The van der Waals surface area contributed by atoms with Gasteiger partial charge in [0.2, 0.25) is 0 Å². The molecule has 0 radical (unpaired) electrons. The lowest BCUT2D eigenvalue weighted by atomic mass is 9.72. The van der Waals surface area contributed by atoms with E-state index in [0.29, 0.717) is 12.0 Å². The molecule has 16 heavy (non-hydrogen) atoms. The summed E-state index contributed by atoms with van der Waals surface area (Å²) in [5.74, 6) is 0.773. The third kappa shape index (κ3) is 4.42. The summed E-state index contributed by atoms with van der Waals surface area (Å²) < 4.78 is 0. The smallest absolute Gasteiger partial charge is 0.0436 e. The van der Waals surface area contributed by atoms with Gasteiger partial charge in [0.15, 0.2) is 0 Å². The molecule has 0 heterocycles. The Labute approximate surface area is 101 Å². The lowest BCUT2D eigenvalue weighted by molar-refractivity contribution is 0.125. The summed E-state index contributed by atoms with van der Waals surface area (Å²) in [5, 5.41) is 12.8. The summed E-state index contributed by atoms with van der Waals surface area (Å²) in [6, 6.07) is 0. The predicted octanol–water partition coefficient (Wildman–Crippen LogP) is 2.96. The number of rotatable bonds is 7. The highest BCUT2D eigenvalue weighted by Crippen LogP contribution is 2.38. The minimum atomic E-state index is 0.352. The molecule has 0 aromatic rings. The van der Waals surface area contributed by atoms with Crippen LogP contribution < -0.4 is 5.32 Å². The first kappa shape index (κ1) is 14.0. The molecule has 0 saturated heterocycles. The lowest BCUT2D eigenvalue weighted by Gasteiger charge is -2.37. The Morgan fingerprint density at radius 1 is 1.25 bits per heavy atom. The first-order valence-electron chi connectivity index (χ1n) is 7.04. The molecule has 0 aromatic carbocycles. The van der Waals surface area contributed by atoms with Crippen molar-refractivity contribution in [1.29, 1.82) is 0 Å². The van der Waals surface area contributed by atoms with E-state index in [2.05, 4.69) is 19.2 Å². The predicted molar refractivity (Wildman–Crippen MR) is 69.5 cm³/mol. The van der Waals surface area contributed by atoms with Crippen LogP contribution in [0.1, 0.15) is 58.8 Å². The molecule has 0 spiro atoms. The van der Waals surface area contributed by atoms with Gasteiger partial charge < -0.3 is 10.4 Å². The molecule has 0 bridgehead atoms. The Bertz CT molecular complexity index is 170. The fraction of sp³-hybridized carbons (Fsp3) is 1.00. The quantitative estimate of drug-likeness (QED) is 0.701. The zero-order valence-electron chi connectivity index (χ0n) is 11.1. The maximum Gasteiger partial charge on any atom is 0.0436 e. The number of hydrogen-bond acceptors (Lipinski definition) is 2. The fourth-order valence-electron chi connectivity index (χ4n) is 2.78. The highest BCUT2D eigenvalue weighted by Gasteiger charge is 2.30. The third-order valence-corrected chi connectivity index (χ3v) is 4.25. The molecule has 1 fully saturated rings. The number of nitrogens with one attached hydrogen (secondary N) is 1. The van der Waals surface area contributed by atoms with Crippen LogP contribution in [-0.4, -0.2) is 24.8 Å². The van der Waals surface area contributed by atoms with Gasteiger partial charge in [-0.25, -0.2) is 0 Å². The van der Waals surface area contributed by atoms with E-state index in [1.165, 1.54) is 38.5 Å². The second-order valence-electron chi connectivity index (χ2n) is 5.68. The lowest BCUT2D eigenvalue weighted by Crippen LogP contribution is -2.38. The van der Waals surface area contributed by atoms with E-state index in [4.69, 9.17) is 0 Å². The number of aliphatic hydroxyl groups excluding tert-OH is 1. The van der Waals surface area contributed by atoms with Crippen molar-refractivity contribution in [3.63, 3.8) is 0 Å². The van der Waals surface area contributed by atoms with Crippen molar-refractivity contribution < 1.29 is 5.11 Å². The Morgan fingerprint density at radius 3 is 2.50 bits per heavy atom. The Hall–Kier alpha value is -0.0800. The minimum absolute atomic E-state index is 0.352. The first-order valence-corrected chi connectivity index (χ1v) is 7.04. The van der Waals surface area contributed by atoms with E-state index >= 15 is 0 Å². The van der Waals surface area contributed by atoms with Gasteiger partial charge in [0, 0.05) is 13.2 Å². The molecule has 1 aliphatic rings. The van der Waals surface area contributed by atoms with E-state index < -0.39 is 0 Å². The van der Waals surface area contributed by atoms with Crippen LogP contribution in [-0.2, 0) is 0 Å². The van der Waals surface area contributed by atoms with Crippen LogP contribution in [0.5, 0.6) is 0 Å². The van der Waals surface area contributed by atoms with Gasteiger partial charge in [-0.3, -0.25) is 0 Å². The van der Waals surface area contributed by atoms with E-state index in [9.17, 15) is 5.11 Å². The van der Waals surface area contributed by atoms with Crippen LogP contribution in [0, 0.1) is 11.3 Å². The molecule has 1 atom stereocenters. The average Bonchev–Trinajstić information content (AvgIpc) is 2.30. The number of hydrogen-bond donors (Lipinski definition) is 2.